The number of halogens is 1. The van der Waals surface area contributed by atoms with Crippen LogP contribution in [0.1, 0.15) is 18.9 Å². The van der Waals surface area contributed by atoms with E-state index in [-0.39, 0.29) is 17.8 Å². The van der Waals surface area contributed by atoms with E-state index in [1.165, 1.54) is 6.26 Å². The Morgan fingerprint density at radius 3 is 2.71 bits per heavy atom. The van der Waals surface area contributed by atoms with Gasteiger partial charge in [0.2, 0.25) is 0 Å². The van der Waals surface area contributed by atoms with E-state index in [0.29, 0.717) is 24.4 Å². The van der Waals surface area contributed by atoms with E-state index in [1.54, 1.807) is 13.0 Å². The van der Waals surface area contributed by atoms with Crippen LogP contribution in [0.3, 0.4) is 0 Å². The largest absolute Gasteiger partial charge is 0.338 e. The molecule has 0 saturated heterocycles. The van der Waals surface area contributed by atoms with Crippen LogP contribution in [-0.4, -0.2) is 39.0 Å². The average Bonchev–Trinajstić information content (AvgIpc) is 2.35. The fourth-order valence-electron chi connectivity index (χ4n) is 1.75. The number of hydrogen-bond acceptors (Lipinski definition) is 3. The van der Waals surface area contributed by atoms with Crippen LogP contribution >= 0.6 is 11.6 Å². The molecule has 1 rings (SSSR count). The SMILES string of the molecule is CC(CCS(C)(=O)=O)NC(=O)NCCc1cccc(Cl)c1. The summed E-state index contributed by atoms with van der Waals surface area (Å²) in [6.07, 6.45) is 2.27. The topological polar surface area (TPSA) is 75.3 Å². The van der Waals surface area contributed by atoms with Crippen LogP contribution in [0.4, 0.5) is 4.79 Å². The molecule has 0 aliphatic rings. The van der Waals surface area contributed by atoms with Crippen LogP contribution in [0.25, 0.3) is 0 Å². The summed E-state index contributed by atoms with van der Waals surface area (Å²) < 4.78 is 22.1. The Labute approximate surface area is 131 Å². The van der Waals surface area contributed by atoms with Gasteiger partial charge < -0.3 is 10.6 Å². The third kappa shape index (κ3) is 8.57. The molecule has 2 N–H and O–H groups in total. The maximum Gasteiger partial charge on any atom is 0.315 e. The molecule has 0 spiro atoms. The highest BCUT2D eigenvalue weighted by Gasteiger charge is 2.10. The molecule has 0 fully saturated rings. The van der Waals surface area contributed by atoms with E-state index in [4.69, 9.17) is 11.6 Å². The van der Waals surface area contributed by atoms with E-state index in [1.807, 2.05) is 18.2 Å². The first-order valence-electron chi connectivity index (χ1n) is 6.73. The van der Waals surface area contributed by atoms with Crippen LogP contribution in [0.5, 0.6) is 0 Å². The second kappa shape index (κ2) is 8.24. The molecule has 118 valence electrons. The molecule has 1 aromatic carbocycles. The number of amides is 2. The normalized spacial score (nSPS) is 12.7. The summed E-state index contributed by atoms with van der Waals surface area (Å²) in [6, 6.07) is 6.99. The van der Waals surface area contributed by atoms with Crippen LogP contribution in [0, 0.1) is 0 Å². The van der Waals surface area contributed by atoms with Gasteiger partial charge in [-0.25, -0.2) is 13.2 Å². The van der Waals surface area contributed by atoms with Crippen molar-refractivity contribution in [2.24, 2.45) is 0 Å². The summed E-state index contributed by atoms with van der Waals surface area (Å²) in [6.45, 7) is 2.27. The Morgan fingerprint density at radius 1 is 1.38 bits per heavy atom. The number of rotatable bonds is 7. The smallest absolute Gasteiger partial charge is 0.315 e. The summed E-state index contributed by atoms with van der Waals surface area (Å²) in [4.78, 5) is 11.6. The van der Waals surface area contributed by atoms with Crippen molar-refractivity contribution in [3.8, 4) is 0 Å². The van der Waals surface area contributed by atoms with Gasteiger partial charge in [0.25, 0.3) is 0 Å². The number of hydrogen-bond donors (Lipinski definition) is 2. The molecular weight excluding hydrogens is 312 g/mol. The standard InChI is InChI=1S/C14H21ClN2O3S/c1-11(7-9-21(2,19)20)17-14(18)16-8-6-12-4-3-5-13(15)10-12/h3-5,10-11H,6-9H2,1-2H3,(H2,16,17,18). The molecule has 1 unspecified atom stereocenters. The van der Waals surface area contributed by atoms with Crippen molar-refractivity contribution in [1.29, 1.82) is 0 Å². The van der Waals surface area contributed by atoms with Crippen LogP contribution in [0.15, 0.2) is 24.3 Å². The highest BCUT2D eigenvalue weighted by Crippen LogP contribution is 2.10. The van der Waals surface area contributed by atoms with Crippen molar-refractivity contribution in [3.05, 3.63) is 34.9 Å². The highest BCUT2D eigenvalue weighted by atomic mass is 35.5. The lowest BCUT2D eigenvalue weighted by atomic mass is 10.1. The lowest BCUT2D eigenvalue weighted by Gasteiger charge is -2.14. The van der Waals surface area contributed by atoms with Crippen molar-refractivity contribution in [1.82, 2.24) is 10.6 Å². The molecule has 1 atom stereocenters. The molecule has 1 aromatic rings. The van der Waals surface area contributed by atoms with Gasteiger partial charge in [0.05, 0.1) is 5.75 Å². The quantitative estimate of drug-likeness (QED) is 0.802. The van der Waals surface area contributed by atoms with Crippen LogP contribution in [-0.2, 0) is 16.3 Å². The lowest BCUT2D eigenvalue weighted by molar-refractivity contribution is 0.237. The third-order valence-electron chi connectivity index (χ3n) is 2.89. The van der Waals surface area contributed by atoms with Gasteiger partial charge in [0, 0.05) is 23.9 Å². The Hall–Kier alpha value is -1.27. The van der Waals surface area contributed by atoms with Crippen molar-refractivity contribution in [2.75, 3.05) is 18.6 Å². The molecule has 0 aliphatic carbocycles. The maximum atomic E-state index is 11.6. The average molecular weight is 333 g/mol. The van der Waals surface area contributed by atoms with Gasteiger partial charge >= 0.3 is 6.03 Å². The Morgan fingerprint density at radius 2 is 2.10 bits per heavy atom. The molecule has 0 heterocycles. The molecule has 0 aromatic heterocycles. The van der Waals surface area contributed by atoms with Gasteiger partial charge in [-0.05, 0) is 37.5 Å². The van der Waals surface area contributed by atoms with Crippen molar-refractivity contribution in [3.63, 3.8) is 0 Å². The second-order valence-corrected chi connectivity index (χ2v) is 7.80. The minimum absolute atomic E-state index is 0.0664. The molecular formula is C14H21ClN2O3S. The lowest BCUT2D eigenvalue weighted by Crippen LogP contribution is -2.42. The molecule has 5 nitrogen and oxygen atoms in total. The summed E-state index contributed by atoms with van der Waals surface area (Å²) >= 11 is 5.88. The Kier molecular flexibility index (Phi) is 6.98. The molecule has 2 amide bonds. The zero-order valence-corrected chi connectivity index (χ0v) is 13.8. The Bertz CT molecular complexity index is 575. The molecule has 0 radical (unpaired) electrons. The number of urea groups is 1. The molecule has 7 heteroatoms. The van der Waals surface area contributed by atoms with E-state index < -0.39 is 9.84 Å². The van der Waals surface area contributed by atoms with Gasteiger partial charge in [-0.1, -0.05) is 23.7 Å². The molecule has 21 heavy (non-hydrogen) atoms. The first-order chi connectivity index (χ1) is 9.76. The number of nitrogens with one attached hydrogen (secondary N) is 2. The summed E-state index contributed by atoms with van der Waals surface area (Å²) in [5.41, 5.74) is 1.05. The first kappa shape index (κ1) is 17.8. The minimum Gasteiger partial charge on any atom is -0.338 e. The van der Waals surface area contributed by atoms with E-state index in [2.05, 4.69) is 10.6 Å². The van der Waals surface area contributed by atoms with Crippen molar-refractivity contribution < 1.29 is 13.2 Å². The zero-order valence-electron chi connectivity index (χ0n) is 12.2. The summed E-state index contributed by atoms with van der Waals surface area (Å²) in [5, 5.41) is 6.12. The fraction of sp³-hybridized carbons (Fsp3) is 0.500. The maximum absolute atomic E-state index is 11.6. The first-order valence-corrected chi connectivity index (χ1v) is 9.16. The highest BCUT2D eigenvalue weighted by molar-refractivity contribution is 7.90. The van der Waals surface area contributed by atoms with Crippen molar-refractivity contribution in [2.45, 2.75) is 25.8 Å². The van der Waals surface area contributed by atoms with Crippen LogP contribution < -0.4 is 10.6 Å². The Balaban J connectivity index is 2.25. The second-order valence-electron chi connectivity index (χ2n) is 5.10. The predicted molar refractivity (Wildman–Crippen MR) is 85.5 cm³/mol. The zero-order chi connectivity index (χ0) is 15.9. The minimum atomic E-state index is -3.00. The van der Waals surface area contributed by atoms with E-state index in [9.17, 15) is 13.2 Å². The number of benzene rings is 1. The van der Waals surface area contributed by atoms with Gasteiger partial charge in [-0.2, -0.15) is 0 Å². The van der Waals surface area contributed by atoms with Gasteiger partial charge in [0.1, 0.15) is 9.84 Å². The van der Waals surface area contributed by atoms with E-state index in [0.717, 1.165) is 5.56 Å². The van der Waals surface area contributed by atoms with Crippen LogP contribution in [0.2, 0.25) is 5.02 Å². The number of carbonyl (C=O) groups excluding carboxylic acids is 1. The number of carbonyl (C=O) groups is 1. The summed E-state index contributed by atoms with van der Waals surface area (Å²) in [7, 11) is -3.00. The fourth-order valence-corrected chi connectivity index (χ4v) is 2.75. The van der Waals surface area contributed by atoms with E-state index >= 15 is 0 Å². The molecule has 0 saturated carbocycles. The number of sulfone groups is 1. The van der Waals surface area contributed by atoms with Gasteiger partial charge in [-0.15, -0.1) is 0 Å². The molecule has 0 bridgehead atoms. The van der Waals surface area contributed by atoms with Gasteiger partial charge in [0.15, 0.2) is 0 Å². The predicted octanol–water partition coefficient (Wildman–Crippen LogP) is 2.00. The monoisotopic (exact) mass is 332 g/mol. The van der Waals surface area contributed by atoms with Crippen molar-refractivity contribution >= 4 is 27.5 Å². The van der Waals surface area contributed by atoms with Gasteiger partial charge in [-0.3, -0.25) is 0 Å². The summed E-state index contributed by atoms with van der Waals surface area (Å²) in [5.74, 6) is 0.0664. The third-order valence-corrected chi connectivity index (χ3v) is 4.10. The molecule has 0 aliphatic heterocycles.